The van der Waals surface area contributed by atoms with Gasteiger partial charge in [0.1, 0.15) is 0 Å². The molecule has 0 bridgehead atoms. The molecule has 1 atom stereocenters. The summed E-state index contributed by atoms with van der Waals surface area (Å²) in [5.74, 6) is 0.00291. The van der Waals surface area contributed by atoms with Crippen LogP contribution in [-0.2, 0) is 16.1 Å². The minimum absolute atomic E-state index is 0.00291. The minimum atomic E-state index is -0.0523. The summed E-state index contributed by atoms with van der Waals surface area (Å²) in [7, 11) is 0. The maximum absolute atomic E-state index is 12.5. The Hall–Kier alpha value is -2.21. The lowest BCUT2D eigenvalue weighted by molar-refractivity contribution is -0.121. The predicted molar refractivity (Wildman–Crippen MR) is 92.0 cm³/mol. The molecular formula is C18H23N3O3. The van der Waals surface area contributed by atoms with Gasteiger partial charge < -0.3 is 10.1 Å². The molecule has 24 heavy (non-hydrogen) atoms. The number of aromatic nitrogens is 2. The molecule has 1 fully saturated rings. The fourth-order valence-corrected chi connectivity index (χ4v) is 3.03. The summed E-state index contributed by atoms with van der Waals surface area (Å²) in [6.07, 6.45) is 4.81. The number of hydrogen-bond donors (Lipinski definition) is 1. The van der Waals surface area contributed by atoms with Crippen molar-refractivity contribution in [1.29, 1.82) is 0 Å². The number of aryl methyl sites for hydroxylation is 2. The standard InChI is InChI=1S/C18H23N3O3/c1-13-5-2-7-15-17(13)20-12-21(18(15)23)9-3-8-16(22)19-11-14-6-4-10-24-14/h2,5,7,12,14H,3-4,6,8-11H2,1H3,(H,19,22)/t14-/m1/s1. The molecule has 3 rings (SSSR count). The van der Waals surface area contributed by atoms with E-state index >= 15 is 0 Å². The molecule has 6 heteroatoms. The van der Waals surface area contributed by atoms with E-state index in [1.165, 1.54) is 0 Å². The zero-order valence-corrected chi connectivity index (χ0v) is 14.0. The van der Waals surface area contributed by atoms with Crippen LogP contribution in [0.1, 0.15) is 31.2 Å². The molecule has 2 aromatic rings. The largest absolute Gasteiger partial charge is 0.376 e. The van der Waals surface area contributed by atoms with Gasteiger partial charge in [0, 0.05) is 26.1 Å². The molecule has 0 spiro atoms. The maximum atomic E-state index is 12.5. The number of rotatable bonds is 6. The third kappa shape index (κ3) is 3.82. The average molecular weight is 329 g/mol. The number of ether oxygens (including phenoxy) is 1. The van der Waals surface area contributed by atoms with Crippen molar-refractivity contribution in [2.45, 2.75) is 45.3 Å². The number of para-hydroxylation sites is 1. The lowest BCUT2D eigenvalue weighted by atomic mass is 10.1. The van der Waals surface area contributed by atoms with Gasteiger partial charge in [-0.05, 0) is 37.8 Å². The Balaban J connectivity index is 1.53. The van der Waals surface area contributed by atoms with E-state index in [0.717, 1.165) is 30.5 Å². The van der Waals surface area contributed by atoms with Crippen molar-refractivity contribution < 1.29 is 9.53 Å². The van der Waals surface area contributed by atoms with Gasteiger partial charge in [-0.25, -0.2) is 4.98 Å². The fourth-order valence-electron chi connectivity index (χ4n) is 3.03. The van der Waals surface area contributed by atoms with Crippen molar-refractivity contribution in [1.82, 2.24) is 14.9 Å². The van der Waals surface area contributed by atoms with E-state index in [2.05, 4.69) is 10.3 Å². The maximum Gasteiger partial charge on any atom is 0.261 e. The summed E-state index contributed by atoms with van der Waals surface area (Å²) in [5.41, 5.74) is 1.68. The van der Waals surface area contributed by atoms with E-state index in [1.54, 1.807) is 17.0 Å². The summed E-state index contributed by atoms with van der Waals surface area (Å²) < 4.78 is 7.05. The number of amides is 1. The highest BCUT2D eigenvalue weighted by molar-refractivity contribution is 5.80. The molecule has 0 saturated carbocycles. The molecule has 1 aliphatic heterocycles. The van der Waals surface area contributed by atoms with E-state index in [0.29, 0.717) is 31.3 Å². The van der Waals surface area contributed by atoms with Crippen LogP contribution >= 0.6 is 0 Å². The van der Waals surface area contributed by atoms with Gasteiger partial charge in [-0.1, -0.05) is 12.1 Å². The highest BCUT2D eigenvalue weighted by Gasteiger charge is 2.16. The molecule has 2 heterocycles. The minimum Gasteiger partial charge on any atom is -0.376 e. The van der Waals surface area contributed by atoms with Crippen molar-refractivity contribution in [2.75, 3.05) is 13.2 Å². The molecule has 1 aromatic carbocycles. The number of benzene rings is 1. The number of carbonyl (C=O) groups excluding carboxylic acids is 1. The van der Waals surface area contributed by atoms with E-state index in [9.17, 15) is 9.59 Å². The zero-order valence-electron chi connectivity index (χ0n) is 14.0. The molecule has 1 saturated heterocycles. The topological polar surface area (TPSA) is 73.2 Å². The second kappa shape index (κ2) is 7.57. The molecule has 128 valence electrons. The summed E-state index contributed by atoms with van der Waals surface area (Å²) in [4.78, 5) is 28.7. The molecule has 0 aliphatic carbocycles. The second-order valence-corrected chi connectivity index (χ2v) is 6.26. The van der Waals surface area contributed by atoms with Crippen molar-refractivity contribution in [3.8, 4) is 0 Å². The number of fused-ring (bicyclic) bond motifs is 1. The van der Waals surface area contributed by atoms with Gasteiger partial charge in [-0.2, -0.15) is 0 Å². The SMILES string of the molecule is Cc1cccc2c(=O)n(CCCC(=O)NC[C@H]3CCCO3)cnc12. The third-order valence-electron chi connectivity index (χ3n) is 4.41. The first-order valence-corrected chi connectivity index (χ1v) is 8.48. The first kappa shape index (κ1) is 16.6. The quantitative estimate of drug-likeness (QED) is 0.877. The Labute approximate surface area is 140 Å². The van der Waals surface area contributed by atoms with Crippen LogP contribution < -0.4 is 10.9 Å². The van der Waals surface area contributed by atoms with Crippen LogP contribution in [0, 0.1) is 6.92 Å². The number of nitrogens with zero attached hydrogens (tertiary/aromatic N) is 2. The second-order valence-electron chi connectivity index (χ2n) is 6.26. The molecule has 1 N–H and O–H groups in total. The summed E-state index contributed by atoms with van der Waals surface area (Å²) in [5, 5.41) is 3.52. The smallest absolute Gasteiger partial charge is 0.261 e. The van der Waals surface area contributed by atoms with Gasteiger partial charge in [0.25, 0.3) is 5.56 Å². The van der Waals surface area contributed by atoms with Gasteiger partial charge in [0.2, 0.25) is 5.91 Å². The van der Waals surface area contributed by atoms with Crippen LogP contribution in [0.4, 0.5) is 0 Å². The molecule has 1 aromatic heterocycles. The van der Waals surface area contributed by atoms with E-state index < -0.39 is 0 Å². The molecule has 1 aliphatic rings. The Bertz CT molecular complexity index is 779. The van der Waals surface area contributed by atoms with Crippen molar-refractivity contribution >= 4 is 16.8 Å². The molecule has 6 nitrogen and oxygen atoms in total. The van der Waals surface area contributed by atoms with E-state index in [-0.39, 0.29) is 17.6 Å². The lowest BCUT2D eigenvalue weighted by Gasteiger charge is -2.11. The van der Waals surface area contributed by atoms with Crippen LogP contribution in [0.5, 0.6) is 0 Å². The number of hydrogen-bond acceptors (Lipinski definition) is 4. The normalized spacial score (nSPS) is 17.3. The van der Waals surface area contributed by atoms with Gasteiger partial charge in [-0.3, -0.25) is 14.2 Å². The van der Waals surface area contributed by atoms with Crippen LogP contribution in [0.2, 0.25) is 0 Å². The first-order valence-electron chi connectivity index (χ1n) is 8.48. The summed E-state index contributed by atoms with van der Waals surface area (Å²) >= 11 is 0. The van der Waals surface area contributed by atoms with Gasteiger partial charge in [0.05, 0.1) is 23.3 Å². The molecule has 1 amide bonds. The highest BCUT2D eigenvalue weighted by Crippen LogP contribution is 2.12. The van der Waals surface area contributed by atoms with Crippen LogP contribution in [0.3, 0.4) is 0 Å². The van der Waals surface area contributed by atoms with Crippen LogP contribution in [-0.4, -0.2) is 34.7 Å². The summed E-state index contributed by atoms with van der Waals surface area (Å²) in [6, 6.07) is 5.60. The zero-order chi connectivity index (χ0) is 16.9. The monoisotopic (exact) mass is 329 g/mol. The van der Waals surface area contributed by atoms with Gasteiger partial charge in [-0.15, -0.1) is 0 Å². The van der Waals surface area contributed by atoms with Gasteiger partial charge in [0.15, 0.2) is 0 Å². The predicted octanol–water partition coefficient (Wildman–Crippen LogP) is 1.78. The number of nitrogens with one attached hydrogen (secondary N) is 1. The molecular weight excluding hydrogens is 306 g/mol. The van der Waals surface area contributed by atoms with Crippen molar-refractivity contribution in [2.24, 2.45) is 0 Å². The lowest BCUT2D eigenvalue weighted by Crippen LogP contribution is -2.32. The van der Waals surface area contributed by atoms with Crippen molar-refractivity contribution in [3.05, 3.63) is 40.4 Å². The Morgan fingerprint density at radius 2 is 2.33 bits per heavy atom. The van der Waals surface area contributed by atoms with E-state index in [1.807, 2.05) is 19.1 Å². The molecule has 0 unspecified atom stereocenters. The third-order valence-corrected chi connectivity index (χ3v) is 4.41. The van der Waals surface area contributed by atoms with Crippen LogP contribution in [0.15, 0.2) is 29.3 Å². The fraction of sp³-hybridized carbons (Fsp3) is 0.500. The highest BCUT2D eigenvalue weighted by atomic mass is 16.5. The van der Waals surface area contributed by atoms with Crippen molar-refractivity contribution in [3.63, 3.8) is 0 Å². The Kier molecular flexibility index (Phi) is 5.25. The average Bonchev–Trinajstić information content (AvgIpc) is 3.09. The van der Waals surface area contributed by atoms with Gasteiger partial charge >= 0.3 is 0 Å². The Morgan fingerprint density at radius 3 is 3.12 bits per heavy atom. The number of carbonyl (C=O) groups is 1. The van der Waals surface area contributed by atoms with E-state index in [4.69, 9.17) is 4.74 Å². The summed E-state index contributed by atoms with van der Waals surface area (Å²) in [6.45, 7) is 3.80. The molecule has 0 radical (unpaired) electrons. The Morgan fingerprint density at radius 1 is 1.46 bits per heavy atom. The first-order chi connectivity index (χ1) is 11.6. The van der Waals surface area contributed by atoms with Crippen LogP contribution in [0.25, 0.3) is 10.9 Å².